The van der Waals surface area contributed by atoms with E-state index in [9.17, 15) is 13.9 Å². The molecular weight excluding hydrogens is 384 g/mol. The number of aromatic nitrogens is 1. The zero-order chi connectivity index (χ0) is 19.8. The molecular formula is C21H20ClF2N3O. The summed E-state index contributed by atoms with van der Waals surface area (Å²) in [5.41, 5.74) is 7.76. The van der Waals surface area contributed by atoms with Crippen LogP contribution < -0.4 is 11.1 Å². The largest absolute Gasteiger partial charge is 0.504 e. The Balaban J connectivity index is 1.76. The van der Waals surface area contributed by atoms with Gasteiger partial charge in [0.1, 0.15) is 5.82 Å². The lowest BCUT2D eigenvalue weighted by molar-refractivity contribution is 0.411. The Hall–Kier alpha value is -2.44. The molecule has 1 saturated carbocycles. The Kier molecular flexibility index (Phi) is 5.08. The monoisotopic (exact) mass is 403 g/mol. The van der Waals surface area contributed by atoms with Crippen molar-refractivity contribution < 1.29 is 13.9 Å². The normalized spacial score (nSPS) is 19.7. The van der Waals surface area contributed by atoms with Crippen LogP contribution in [-0.2, 0) is 0 Å². The van der Waals surface area contributed by atoms with Gasteiger partial charge in [-0.2, -0.15) is 0 Å². The van der Waals surface area contributed by atoms with Crippen LogP contribution in [0.5, 0.6) is 5.75 Å². The topological polar surface area (TPSA) is 71.2 Å². The van der Waals surface area contributed by atoms with Crippen molar-refractivity contribution in [3.05, 3.63) is 53.2 Å². The number of nitrogens with zero attached hydrogens (tertiary/aromatic N) is 1. The van der Waals surface area contributed by atoms with E-state index in [-0.39, 0.29) is 22.2 Å². The molecule has 0 radical (unpaired) electrons. The first-order chi connectivity index (χ1) is 13.4. The van der Waals surface area contributed by atoms with Gasteiger partial charge >= 0.3 is 0 Å². The number of pyridine rings is 1. The summed E-state index contributed by atoms with van der Waals surface area (Å²) in [7, 11) is 0. The van der Waals surface area contributed by atoms with Crippen LogP contribution in [0.15, 0.2) is 36.5 Å². The number of nitrogens with two attached hydrogens (primary N) is 1. The van der Waals surface area contributed by atoms with Crippen molar-refractivity contribution in [2.24, 2.45) is 5.73 Å². The molecule has 0 unspecified atom stereocenters. The molecule has 0 aliphatic heterocycles. The molecule has 1 heterocycles. The van der Waals surface area contributed by atoms with Gasteiger partial charge in [0.05, 0.1) is 10.5 Å². The minimum absolute atomic E-state index is 0.169. The predicted molar refractivity (Wildman–Crippen MR) is 108 cm³/mol. The zero-order valence-corrected chi connectivity index (χ0v) is 15.8. The van der Waals surface area contributed by atoms with Gasteiger partial charge in [-0.25, -0.2) is 8.78 Å². The molecule has 146 valence electrons. The number of hydrogen-bond donors (Lipinski definition) is 3. The van der Waals surface area contributed by atoms with Gasteiger partial charge in [0, 0.05) is 41.0 Å². The van der Waals surface area contributed by atoms with Crippen LogP contribution in [0.25, 0.3) is 22.0 Å². The molecule has 1 fully saturated rings. The zero-order valence-electron chi connectivity index (χ0n) is 15.1. The number of rotatable bonds is 3. The Morgan fingerprint density at radius 2 is 1.82 bits per heavy atom. The fourth-order valence-electron chi connectivity index (χ4n) is 3.72. The minimum Gasteiger partial charge on any atom is -0.504 e. The van der Waals surface area contributed by atoms with E-state index in [0.29, 0.717) is 11.6 Å². The third-order valence-electron chi connectivity index (χ3n) is 5.29. The van der Waals surface area contributed by atoms with Crippen LogP contribution in [0, 0.1) is 11.6 Å². The summed E-state index contributed by atoms with van der Waals surface area (Å²) >= 11 is 5.86. The predicted octanol–water partition coefficient (Wildman–Crippen LogP) is 5.22. The van der Waals surface area contributed by atoms with E-state index in [0.717, 1.165) is 42.8 Å². The lowest BCUT2D eigenvalue weighted by Crippen LogP contribution is -2.32. The van der Waals surface area contributed by atoms with Crippen molar-refractivity contribution in [3.63, 3.8) is 0 Å². The van der Waals surface area contributed by atoms with Gasteiger partial charge in [0.25, 0.3) is 0 Å². The highest BCUT2D eigenvalue weighted by atomic mass is 35.5. The molecule has 0 spiro atoms. The quantitative estimate of drug-likeness (QED) is 0.560. The first-order valence-corrected chi connectivity index (χ1v) is 9.59. The van der Waals surface area contributed by atoms with Crippen molar-refractivity contribution >= 4 is 28.2 Å². The maximum Gasteiger partial charge on any atom is 0.170 e. The van der Waals surface area contributed by atoms with Gasteiger partial charge in [-0.15, -0.1) is 0 Å². The summed E-state index contributed by atoms with van der Waals surface area (Å²) in [6.45, 7) is 0. The van der Waals surface area contributed by atoms with Gasteiger partial charge in [0.15, 0.2) is 11.6 Å². The number of phenolic OH excluding ortho intramolecular Hbond substituents is 1. The van der Waals surface area contributed by atoms with Gasteiger partial charge in [0.2, 0.25) is 0 Å². The van der Waals surface area contributed by atoms with E-state index in [2.05, 4.69) is 10.3 Å². The van der Waals surface area contributed by atoms with Crippen molar-refractivity contribution in [2.75, 3.05) is 5.32 Å². The number of halogens is 3. The molecule has 4 nitrogen and oxygen atoms in total. The van der Waals surface area contributed by atoms with E-state index < -0.39 is 17.4 Å². The molecule has 4 N–H and O–H groups in total. The number of aromatic hydroxyl groups is 1. The van der Waals surface area contributed by atoms with Gasteiger partial charge in [-0.3, -0.25) is 4.98 Å². The summed E-state index contributed by atoms with van der Waals surface area (Å²) in [5.74, 6) is -2.09. The first kappa shape index (κ1) is 18.9. The van der Waals surface area contributed by atoms with E-state index >= 15 is 0 Å². The number of benzene rings is 2. The second-order valence-electron chi connectivity index (χ2n) is 7.25. The van der Waals surface area contributed by atoms with Crippen molar-refractivity contribution in [2.45, 2.75) is 37.8 Å². The molecule has 0 bridgehead atoms. The van der Waals surface area contributed by atoms with Gasteiger partial charge in [-0.05, 0) is 55.5 Å². The third kappa shape index (κ3) is 3.62. The molecule has 1 aromatic heterocycles. The lowest BCUT2D eigenvalue weighted by atomic mass is 9.91. The van der Waals surface area contributed by atoms with Gasteiger partial charge < -0.3 is 16.2 Å². The minimum atomic E-state index is -0.898. The van der Waals surface area contributed by atoms with E-state index in [4.69, 9.17) is 17.3 Å². The van der Waals surface area contributed by atoms with E-state index in [1.807, 2.05) is 6.07 Å². The summed E-state index contributed by atoms with van der Waals surface area (Å²) in [5, 5.41) is 13.6. The summed E-state index contributed by atoms with van der Waals surface area (Å²) < 4.78 is 28.6. The van der Waals surface area contributed by atoms with Crippen molar-refractivity contribution in [1.82, 2.24) is 4.98 Å². The van der Waals surface area contributed by atoms with E-state index in [1.165, 1.54) is 12.1 Å². The highest BCUT2D eigenvalue weighted by molar-refractivity contribution is 6.32. The van der Waals surface area contributed by atoms with Crippen LogP contribution in [0.4, 0.5) is 14.5 Å². The smallest absolute Gasteiger partial charge is 0.170 e. The molecule has 2 aromatic carbocycles. The van der Waals surface area contributed by atoms with Crippen LogP contribution in [0.1, 0.15) is 25.7 Å². The molecule has 7 heteroatoms. The lowest BCUT2D eigenvalue weighted by Gasteiger charge is -2.28. The second kappa shape index (κ2) is 7.53. The fourth-order valence-corrected chi connectivity index (χ4v) is 3.93. The molecule has 1 aliphatic rings. The maximum atomic E-state index is 14.7. The molecule has 0 saturated heterocycles. The fraction of sp³-hybridized carbons (Fsp3) is 0.286. The van der Waals surface area contributed by atoms with Crippen molar-refractivity contribution in [1.29, 1.82) is 0 Å². The summed E-state index contributed by atoms with van der Waals surface area (Å²) in [6.07, 6.45) is 5.50. The van der Waals surface area contributed by atoms with Crippen LogP contribution in [0.2, 0.25) is 5.02 Å². The Bertz CT molecular complexity index is 1010. The molecule has 4 rings (SSSR count). The Labute approximate surface area is 166 Å². The first-order valence-electron chi connectivity index (χ1n) is 9.21. The van der Waals surface area contributed by atoms with Crippen LogP contribution in [-0.4, -0.2) is 22.2 Å². The average molecular weight is 404 g/mol. The van der Waals surface area contributed by atoms with Crippen LogP contribution >= 0.6 is 11.6 Å². The summed E-state index contributed by atoms with van der Waals surface area (Å²) in [4.78, 5) is 4.25. The Morgan fingerprint density at radius 1 is 1.07 bits per heavy atom. The van der Waals surface area contributed by atoms with Gasteiger partial charge in [-0.1, -0.05) is 11.6 Å². The Morgan fingerprint density at radius 3 is 2.54 bits per heavy atom. The molecule has 0 atom stereocenters. The number of anilines is 1. The average Bonchev–Trinajstić information content (AvgIpc) is 2.67. The maximum absolute atomic E-state index is 14.7. The van der Waals surface area contributed by atoms with Crippen LogP contribution in [0.3, 0.4) is 0 Å². The number of hydrogen-bond acceptors (Lipinski definition) is 4. The summed E-state index contributed by atoms with van der Waals surface area (Å²) in [6, 6.07) is 7.76. The van der Waals surface area contributed by atoms with Crippen molar-refractivity contribution in [3.8, 4) is 16.9 Å². The number of fused-ring (bicyclic) bond motifs is 1. The highest BCUT2D eigenvalue weighted by Gasteiger charge is 2.20. The number of phenols is 1. The molecule has 0 amide bonds. The molecule has 1 aliphatic carbocycles. The SMILES string of the molecule is NC1CCC(Nc2ccnc3cc(F)c(-c4cc(F)c(O)c(Cl)c4)cc23)CC1. The second-order valence-corrected chi connectivity index (χ2v) is 7.66. The third-order valence-corrected chi connectivity index (χ3v) is 5.58. The molecule has 3 aromatic rings. The number of nitrogens with one attached hydrogen (secondary N) is 1. The standard InChI is InChI=1S/C21H20ClF2N3O/c22-16-7-11(8-18(24)21(16)28)14-9-15-19(5-6-26-20(15)10-17(14)23)27-13-3-1-12(25)2-4-13/h5-10,12-13,28H,1-4,25H2,(H,26,27). The molecule has 28 heavy (non-hydrogen) atoms. The van der Waals surface area contributed by atoms with E-state index in [1.54, 1.807) is 12.3 Å². The highest BCUT2D eigenvalue weighted by Crippen LogP contribution is 2.36.